The fourth-order valence-corrected chi connectivity index (χ4v) is 4.01. The van der Waals surface area contributed by atoms with Gasteiger partial charge in [-0.2, -0.15) is 4.31 Å². The van der Waals surface area contributed by atoms with E-state index in [2.05, 4.69) is 20.7 Å². The van der Waals surface area contributed by atoms with E-state index in [0.29, 0.717) is 10.0 Å². The number of likely N-dealkylation sites (N-methyl/N-ethyl adjacent to an activating group) is 1. The number of carbonyl (C=O) groups excluding carboxylic acids is 2. The van der Waals surface area contributed by atoms with Crippen LogP contribution in [0.1, 0.15) is 19.4 Å². The lowest BCUT2D eigenvalue weighted by atomic mass is 10.2. The van der Waals surface area contributed by atoms with Gasteiger partial charge in [-0.25, -0.2) is 13.2 Å². The van der Waals surface area contributed by atoms with Gasteiger partial charge in [-0.05, 0) is 31.5 Å². The van der Waals surface area contributed by atoms with Gasteiger partial charge in [0.2, 0.25) is 15.9 Å². The number of sulfonamides is 1. The molecule has 0 radical (unpaired) electrons. The monoisotopic (exact) mass is 406 g/mol. The maximum absolute atomic E-state index is 12.7. The summed E-state index contributed by atoms with van der Waals surface area (Å²) in [5.41, 5.74) is 0.567. The number of nitrogens with one attached hydrogen (secondary N) is 1. The summed E-state index contributed by atoms with van der Waals surface area (Å²) in [6.07, 6.45) is -0.899. The molecule has 0 aliphatic carbocycles. The molecule has 0 spiro atoms. The van der Waals surface area contributed by atoms with Crippen molar-refractivity contribution in [3.63, 3.8) is 0 Å². The highest BCUT2D eigenvalue weighted by atomic mass is 79.9. The molecule has 0 saturated carbocycles. The van der Waals surface area contributed by atoms with Crippen LogP contribution in [0, 0.1) is 6.92 Å². The molecule has 0 aliphatic rings. The van der Waals surface area contributed by atoms with E-state index in [9.17, 15) is 18.0 Å². The summed E-state index contributed by atoms with van der Waals surface area (Å²) >= 11 is 3.24. The van der Waals surface area contributed by atoms with Gasteiger partial charge in [0, 0.05) is 11.0 Å². The number of halogens is 1. The molecule has 1 rings (SSSR count). The van der Waals surface area contributed by atoms with E-state index in [4.69, 9.17) is 0 Å². The van der Waals surface area contributed by atoms with Crippen LogP contribution in [0.5, 0.6) is 0 Å². The summed E-state index contributed by atoms with van der Waals surface area (Å²) in [6, 6.07) is 4.89. The molecule has 2 amide bonds. The molecule has 23 heavy (non-hydrogen) atoms. The van der Waals surface area contributed by atoms with Gasteiger partial charge in [0.25, 0.3) is 0 Å². The Labute approximate surface area is 144 Å². The minimum Gasteiger partial charge on any atom is -0.450 e. The average molecular weight is 407 g/mol. The highest BCUT2D eigenvalue weighted by Crippen LogP contribution is 2.23. The molecule has 9 heteroatoms. The third-order valence-corrected chi connectivity index (χ3v) is 5.51. The Hall–Kier alpha value is -1.45. The number of benzene rings is 1. The van der Waals surface area contributed by atoms with Gasteiger partial charge in [0.1, 0.15) is 0 Å². The zero-order valence-corrected chi connectivity index (χ0v) is 15.5. The first-order chi connectivity index (χ1) is 10.7. The van der Waals surface area contributed by atoms with E-state index < -0.39 is 28.6 Å². The van der Waals surface area contributed by atoms with Crippen molar-refractivity contribution in [1.29, 1.82) is 0 Å². The molecule has 1 N–H and O–H groups in total. The fourth-order valence-electron chi connectivity index (χ4n) is 1.84. The van der Waals surface area contributed by atoms with Gasteiger partial charge in [-0.3, -0.25) is 10.1 Å². The van der Waals surface area contributed by atoms with Crippen LogP contribution in [-0.4, -0.2) is 44.4 Å². The number of aryl methyl sites for hydroxylation is 1. The molecule has 0 bridgehead atoms. The third kappa shape index (κ3) is 5.29. The zero-order valence-electron chi connectivity index (χ0n) is 13.1. The Kier molecular flexibility index (Phi) is 7.17. The van der Waals surface area contributed by atoms with Gasteiger partial charge in [-0.15, -0.1) is 0 Å². The molecular formula is C14H19BrN2O5S. The minimum atomic E-state index is -3.86. The smallest absolute Gasteiger partial charge is 0.413 e. The molecule has 1 aromatic rings. The summed E-state index contributed by atoms with van der Waals surface area (Å²) in [4.78, 5) is 23.1. The van der Waals surface area contributed by atoms with Gasteiger partial charge >= 0.3 is 6.09 Å². The second kappa shape index (κ2) is 8.42. The molecule has 0 aliphatic heterocycles. The quantitative estimate of drug-likeness (QED) is 0.779. The second-order valence-electron chi connectivity index (χ2n) is 4.61. The Bertz CT molecular complexity index is 690. The Morgan fingerprint density at radius 1 is 1.30 bits per heavy atom. The summed E-state index contributed by atoms with van der Waals surface area (Å²) in [5, 5.41) is 1.98. The number of imide groups is 1. The van der Waals surface area contributed by atoms with Crippen molar-refractivity contribution >= 4 is 38.0 Å². The molecule has 0 atom stereocenters. The highest BCUT2D eigenvalue weighted by Gasteiger charge is 2.27. The second-order valence-corrected chi connectivity index (χ2v) is 7.43. The summed E-state index contributed by atoms with van der Waals surface area (Å²) in [5.74, 6) is -0.749. The summed E-state index contributed by atoms with van der Waals surface area (Å²) in [7, 11) is -3.86. The Morgan fingerprint density at radius 2 is 1.96 bits per heavy atom. The van der Waals surface area contributed by atoms with Crippen molar-refractivity contribution in [1.82, 2.24) is 9.62 Å². The minimum absolute atomic E-state index is 0.0878. The van der Waals surface area contributed by atoms with E-state index in [1.165, 1.54) is 6.07 Å². The lowest BCUT2D eigenvalue weighted by molar-refractivity contribution is -0.120. The first-order valence-electron chi connectivity index (χ1n) is 6.95. The van der Waals surface area contributed by atoms with Gasteiger partial charge < -0.3 is 4.74 Å². The van der Waals surface area contributed by atoms with Crippen LogP contribution in [0.3, 0.4) is 0 Å². The molecule has 0 unspecified atom stereocenters. The molecule has 0 fully saturated rings. The number of hydrogen-bond donors (Lipinski definition) is 1. The van der Waals surface area contributed by atoms with Crippen molar-refractivity contribution in [2.75, 3.05) is 19.7 Å². The maximum Gasteiger partial charge on any atom is 0.413 e. The molecule has 0 heterocycles. The SMILES string of the molecule is CCOC(=O)NC(=O)CN(CC)S(=O)(=O)c1cc(Br)ccc1C. The number of nitrogens with zero attached hydrogens (tertiary/aromatic N) is 1. The third-order valence-electron chi connectivity index (χ3n) is 2.96. The predicted octanol–water partition coefficient (Wildman–Crippen LogP) is 2.04. The molecule has 7 nitrogen and oxygen atoms in total. The number of ether oxygens (including phenoxy) is 1. The molecule has 128 valence electrons. The van der Waals surface area contributed by atoms with Crippen molar-refractivity contribution in [2.24, 2.45) is 0 Å². The number of amides is 2. The first-order valence-corrected chi connectivity index (χ1v) is 9.18. The zero-order chi connectivity index (χ0) is 17.6. The number of rotatable bonds is 6. The number of alkyl carbamates (subject to hydrolysis) is 1. The molecule has 0 aromatic heterocycles. The molecule has 0 saturated heterocycles. The van der Waals surface area contributed by atoms with Crippen molar-refractivity contribution < 1.29 is 22.7 Å². The van der Waals surface area contributed by atoms with Crippen LogP contribution < -0.4 is 5.32 Å². The van der Waals surface area contributed by atoms with E-state index in [0.717, 1.165) is 4.31 Å². The Morgan fingerprint density at radius 3 is 2.52 bits per heavy atom. The van der Waals surface area contributed by atoms with E-state index in [1.807, 2.05) is 5.32 Å². The normalized spacial score (nSPS) is 11.3. The largest absolute Gasteiger partial charge is 0.450 e. The van der Waals surface area contributed by atoms with E-state index in [-0.39, 0.29) is 18.0 Å². The highest BCUT2D eigenvalue weighted by molar-refractivity contribution is 9.10. The first kappa shape index (κ1) is 19.6. The Balaban J connectivity index is 2.97. The number of carbonyl (C=O) groups is 2. The van der Waals surface area contributed by atoms with Crippen molar-refractivity contribution in [2.45, 2.75) is 25.7 Å². The lowest BCUT2D eigenvalue weighted by Gasteiger charge is -2.21. The molecular weight excluding hydrogens is 388 g/mol. The summed E-state index contributed by atoms with van der Waals surface area (Å²) < 4.78 is 31.6. The van der Waals surface area contributed by atoms with Crippen LogP contribution in [0.4, 0.5) is 4.79 Å². The predicted molar refractivity (Wildman–Crippen MR) is 88.5 cm³/mol. The van der Waals surface area contributed by atoms with Gasteiger partial charge in [0.15, 0.2) is 0 Å². The van der Waals surface area contributed by atoms with Crippen LogP contribution in [0.2, 0.25) is 0 Å². The van der Waals surface area contributed by atoms with Crippen LogP contribution >= 0.6 is 15.9 Å². The standard InChI is InChI=1S/C14H19BrN2O5S/c1-4-17(9-13(18)16-14(19)22-5-2)23(20,21)12-8-11(15)7-6-10(12)3/h6-8H,4-5,9H2,1-3H3,(H,16,18,19). The van der Waals surface area contributed by atoms with E-state index in [1.54, 1.807) is 32.9 Å². The van der Waals surface area contributed by atoms with Crippen LogP contribution in [0.15, 0.2) is 27.6 Å². The van der Waals surface area contributed by atoms with Crippen LogP contribution in [0.25, 0.3) is 0 Å². The maximum atomic E-state index is 12.7. The number of hydrogen-bond acceptors (Lipinski definition) is 5. The lowest BCUT2D eigenvalue weighted by Crippen LogP contribution is -2.42. The van der Waals surface area contributed by atoms with Crippen molar-refractivity contribution in [3.8, 4) is 0 Å². The van der Waals surface area contributed by atoms with Crippen LogP contribution in [-0.2, 0) is 19.6 Å². The fraction of sp³-hybridized carbons (Fsp3) is 0.429. The van der Waals surface area contributed by atoms with Crippen molar-refractivity contribution in [3.05, 3.63) is 28.2 Å². The molecule has 1 aromatic carbocycles. The van der Waals surface area contributed by atoms with E-state index >= 15 is 0 Å². The summed E-state index contributed by atoms with van der Waals surface area (Å²) in [6.45, 7) is 4.62. The van der Waals surface area contributed by atoms with Gasteiger partial charge in [-0.1, -0.05) is 28.9 Å². The topological polar surface area (TPSA) is 92.8 Å². The van der Waals surface area contributed by atoms with Gasteiger partial charge in [0.05, 0.1) is 18.0 Å². The average Bonchev–Trinajstić information content (AvgIpc) is 2.47.